The number of carbonyl (C=O) groups excluding carboxylic acids is 2. The average Bonchev–Trinajstić information content (AvgIpc) is 3.36. The van der Waals surface area contributed by atoms with Crippen LogP contribution in [0.2, 0.25) is 0 Å². The molecule has 0 bridgehead atoms. The third kappa shape index (κ3) is 3.74. The number of para-hydroxylation sites is 1. The SMILES string of the molecule is O=C1CC(N(Cc2ccccc2)S(=O)(=O)c2cccs2)C(=O)N1c1ccccc1. The van der Waals surface area contributed by atoms with Crippen molar-refractivity contribution in [2.24, 2.45) is 0 Å². The van der Waals surface area contributed by atoms with Gasteiger partial charge in [-0.15, -0.1) is 11.3 Å². The molecule has 0 N–H and O–H groups in total. The second kappa shape index (κ2) is 7.90. The lowest BCUT2D eigenvalue weighted by Crippen LogP contribution is -2.44. The molecule has 148 valence electrons. The van der Waals surface area contributed by atoms with Gasteiger partial charge in [0.05, 0.1) is 12.1 Å². The molecule has 1 unspecified atom stereocenters. The number of carbonyl (C=O) groups is 2. The highest BCUT2D eigenvalue weighted by Gasteiger charge is 2.47. The number of nitrogens with zero attached hydrogens (tertiary/aromatic N) is 2. The largest absolute Gasteiger partial charge is 0.274 e. The van der Waals surface area contributed by atoms with Crippen molar-refractivity contribution in [1.29, 1.82) is 0 Å². The standard InChI is InChI=1S/C21H18N2O4S2/c24-19-14-18(21(25)23(19)17-10-5-2-6-11-17)22(15-16-8-3-1-4-9-16)29(26,27)20-12-7-13-28-20/h1-13,18H,14-15H2. The van der Waals surface area contributed by atoms with Crippen LogP contribution in [0.25, 0.3) is 0 Å². The van der Waals surface area contributed by atoms with E-state index < -0.39 is 27.9 Å². The molecule has 2 heterocycles. The first-order valence-corrected chi connectivity index (χ1v) is 11.3. The minimum atomic E-state index is -3.95. The Morgan fingerprint density at radius 1 is 0.931 bits per heavy atom. The van der Waals surface area contributed by atoms with Crippen LogP contribution in [0.5, 0.6) is 0 Å². The predicted molar refractivity (Wildman–Crippen MR) is 111 cm³/mol. The number of thiophene rings is 1. The Balaban J connectivity index is 1.73. The van der Waals surface area contributed by atoms with E-state index >= 15 is 0 Å². The number of anilines is 1. The Morgan fingerprint density at radius 3 is 2.21 bits per heavy atom. The summed E-state index contributed by atoms with van der Waals surface area (Å²) < 4.78 is 28.0. The summed E-state index contributed by atoms with van der Waals surface area (Å²) in [5.74, 6) is -0.942. The third-order valence-corrected chi connectivity index (χ3v) is 7.95. The molecule has 6 nitrogen and oxygen atoms in total. The van der Waals surface area contributed by atoms with E-state index in [0.29, 0.717) is 5.69 Å². The van der Waals surface area contributed by atoms with E-state index in [2.05, 4.69) is 0 Å². The van der Waals surface area contributed by atoms with E-state index in [9.17, 15) is 18.0 Å². The monoisotopic (exact) mass is 426 g/mol. The van der Waals surface area contributed by atoms with E-state index in [-0.39, 0.29) is 17.2 Å². The quantitative estimate of drug-likeness (QED) is 0.567. The Hall–Kier alpha value is -2.81. The highest BCUT2D eigenvalue weighted by atomic mass is 32.2. The van der Waals surface area contributed by atoms with Crippen LogP contribution in [0.1, 0.15) is 12.0 Å². The number of benzene rings is 2. The number of hydrogen-bond donors (Lipinski definition) is 0. The number of rotatable bonds is 6. The number of amides is 2. The molecule has 0 aliphatic carbocycles. The molecular weight excluding hydrogens is 408 g/mol. The van der Waals surface area contributed by atoms with Gasteiger partial charge in [0.2, 0.25) is 5.91 Å². The summed E-state index contributed by atoms with van der Waals surface area (Å²) >= 11 is 1.09. The number of imide groups is 1. The molecule has 0 saturated carbocycles. The maximum absolute atomic E-state index is 13.3. The van der Waals surface area contributed by atoms with Crippen molar-refractivity contribution in [3.63, 3.8) is 0 Å². The maximum atomic E-state index is 13.3. The van der Waals surface area contributed by atoms with E-state index in [1.165, 1.54) is 6.07 Å². The van der Waals surface area contributed by atoms with Gasteiger partial charge in [0.15, 0.2) is 0 Å². The Kier molecular flexibility index (Phi) is 5.31. The zero-order valence-corrected chi connectivity index (χ0v) is 17.0. The summed E-state index contributed by atoms with van der Waals surface area (Å²) in [6.07, 6.45) is -0.189. The Bertz CT molecular complexity index is 1110. The van der Waals surface area contributed by atoms with Crippen LogP contribution in [-0.2, 0) is 26.2 Å². The predicted octanol–water partition coefficient (Wildman–Crippen LogP) is 3.27. The molecule has 3 aromatic rings. The van der Waals surface area contributed by atoms with Crippen LogP contribution in [0.4, 0.5) is 5.69 Å². The molecular formula is C21H18N2O4S2. The van der Waals surface area contributed by atoms with Crippen molar-refractivity contribution in [1.82, 2.24) is 4.31 Å². The molecule has 1 aliphatic rings. The van der Waals surface area contributed by atoms with Gasteiger partial charge in [0.1, 0.15) is 10.3 Å². The molecule has 1 atom stereocenters. The molecule has 1 fully saturated rings. The summed E-state index contributed by atoms with van der Waals surface area (Å²) in [5, 5.41) is 1.67. The molecule has 1 saturated heterocycles. The highest BCUT2D eigenvalue weighted by Crippen LogP contribution is 2.31. The fourth-order valence-electron chi connectivity index (χ4n) is 3.34. The number of sulfonamides is 1. The average molecular weight is 427 g/mol. The van der Waals surface area contributed by atoms with Crippen molar-refractivity contribution >= 4 is 38.9 Å². The molecule has 8 heteroatoms. The summed E-state index contributed by atoms with van der Waals surface area (Å²) in [6, 6.07) is 19.7. The fourth-order valence-corrected chi connectivity index (χ4v) is 6.03. The second-order valence-electron chi connectivity index (χ2n) is 6.59. The molecule has 1 aliphatic heterocycles. The van der Waals surface area contributed by atoms with Crippen molar-refractivity contribution < 1.29 is 18.0 Å². The summed E-state index contributed by atoms with van der Waals surface area (Å²) in [4.78, 5) is 26.9. The Morgan fingerprint density at radius 2 is 1.59 bits per heavy atom. The van der Waals surface area contributed by atoms with Crippen LogP contribution < -0.4 is 4.90 Å². The normalized spacial score (nSPS) is 17.3. The third-order valence-electron chi connectivity index (χ3n) is 4.72. The van der Waals surface area contributed by atoms with Crippen molar-refractivity contribution in [3.05, 3.63) is 83.7 Å². The lowest BCUT2D eigenvalue weighted by molar-refractivity contribution is -0.122. The molecule has 2 amide bonds. The van der Waals surface area contributed by atoms with Gasteiger partial charge in [-0.3, -0.25) is 9.59 Å². The van der Waals surface area contributed by atoms with Crippen molar-refractivity contribution in [2.75, 3.05) is 4.90 Å². The van der Waals surface area contributed by atoms with Crippen LogP contribution in [0, 0.1) is 0 Å². The molecule has 1 aromatic heterocycles. The topological polar surface area (TPSA) is 74.8 Å². The first-order chi connectivity index (χ1) is 14.0. The highest BCUT2D eigenvalue weighted by molar-refractivity contribution is 7.91. The minimum absolute atomic E-state index is 0.00733. The van der Waals surface area contributed by atoms with Gasteiger partial charge in [-0.05, 0) is 29.1 Å². The van der Waals surface area contributed by atoms with Crippen molar-refractivity contribution in [3.8, 4) is 0 Å². The zero-order valence-electron chi connectivity index (χ0n) is 15.3. The van der Waals surface area contributed by atoms with E-state index in [4.69, 9.17) is 0 Å². The van der Waals surface area contributed by atoms with Gasteiger partial charge in [0.25, 0.3) is 15.9 Å². The van der Waals surface area contributed by atoms with Crippen LogP contribution in [0.3, 0.4) is 0 Å². The summed E-state index contributed by atoms with van der Waals surface area (Å²) in [7, 11) is -3.95. The first-order valence-electron chi connectivity index (χ1n) is 8.99. The van der Waals surface area contributed by atoms with Gasteiger partial charge in [0, 0.05) is 6.54 Å². The van der Waals surface area contributed by atoms with Crippen molar-refractivity contribution in [2.45, 2.75) is 23.2 Å². The van der Waals surface area contributed by atoms with Gasteiger partial charge >= 0.3 is 0 Å². The minimum Gasteiger partial charge on any atom is -0.274 e. The molecule has 29 heavy (non-hydrogen) atoms. The second-order valence-corrected chi connectivity index (χ2v) is 9.66. The lowest BCUT2D eigenvalue weighted by atomic mass is 10.2. The maximum Gasteiger partial charge on any atom is 0.253 e. The van der Waals surface area contributed by atoms with Gasteiger partial charge in [-0.25, -0.2) is 13.3 Å². The fraction of sp³-hybridized carbons (Fsp3) is 0.143. The molecule has 0 radical (unpaired) electrons. The van der Waals surface area contributed by atoms with E-state index in [0.717, 1.165) is 26.1 Å². The number of hydrogen-bond acceptors (Lipinski definition) is 5. The summed E-state index contributed by atoms with van der Waals surface area (Å²) in [6.45, 7) is 0.00733. The first kappa shape index (κ1) is 19.5. The zero-order chi connectivity index (χ0) is 20.4. The lowest BCUT2D eigenvalue weighted by Gasteiger charge is -2.26. The molecule has 4 rings (SSSR count). The molecule has 0 spiro atoms. The summed E-state index contributed by atoms with van der Waals surface area (Å²) in [5.41, 5.74) is 1.18. The molecule has 2 aromatic carbocycles. The van der Waals surface area contributed by atoms with E-state index in [1.54, 1.807) is 53.9 Å². The van der Waals surface area contributed by atoms with Gasteiger partial charge in [-0.2, -0.15) is 4.31 Å². The van der Waals surface area contributed by atoms with Crippen LogP contribution >= 0.6 is 11.3 Å². The Labute approximate surface area is 173 Å². The van der Waals surface area contributed by atoms with Crippen LogP contribution in [0.15, 0.2) is 82.4 Å². The van der Waals surface area contributed by atoms with E-state index in [1.807, 2.05) is 18.2 Å². The van der Waals surface area contributed by atoms with Gasteiger partial charge < -0.3 is 0 Å². The van der Waals surface area contributed by atoms with Crippen LogP contribution in [-0.4, -0.2) is 30.6 Å². The van der Waals surface area contributed by atoms with Gasteiger partial charge in [-0.1, -0.05) is 54.6 Å². The smallest absolute Gasteiger partial charge is 0.253 e.